The number of amides is 1. The van der Waals surface area contributed by atoms with Crippen molar-refractivity contribution in [3.05, 3.63) is 76.0 Å². The zero-order chi connectivity index (χ0) is 14.4. The second-order valence-electron chi connectivity index (χ2n) is 4.19. The van der Waals surface area contributed by atoms with Gasteiger partial charge in [0.05, 0.1) is 0 Å². The molecule has 2 rings (SSSR count). The van der Waals surface area contributed by atoms with Crippen LogP contribution < -0.4 is 5.32 Å². The molecule has 0 spiro atoms. The summed E-state index contributed by atoms with van der Waals surface area (Å²) in [6.45, 7) is 0.177. The maximum atomic E-state index is 13.4. The van der Waals surface area contributed by atoms with Crippen LogP contribution in [0.1, 0.15) is 11.1 Å². The van der Waals surface area contributed by atoms with E-state index in [9.17, 15) is 9.18 Å². The molecule has 102 valence electrons. The lowest BCUT2D eigenvalue weighted by Crippen LogP contribution is -2.20. The fraction of sp³-hybridized carbons (Fsp3) is 0.0625. The summed E-state index contributed by atoms with van der Waals surface area (Å²) in [6.07, 6.45) is 3.15. The molecule has 0 fully saturated rings. The maximum absolute atomic E-state index is 13.4. The standard InChI is InChI=1S/C16H13BrFNO/c17-14-8-5-12(6-9-14)7-10-16(20)19-11-13-3-1-2-4-15(13)18/h1-10H,11H2,(H,19,20)/b10-7+. The van der Waals surface area contributed by atoms with Crippen molar-refractivity contribution in [3.8, 4) is 0 Å². The van der Waals surface area contributed by atoms with Crippen LogP contribution in [0.15, 0.2) is 59.1 Å². The molecule has 1 N–H and O–H groups in total. The second kappa shape index (κ2) is 7.01. The molecule has 0 aliphatic heterocycles. The summed E-state index contributed by atoms with van der Waals surface area (Å²) in [4.78, 5) is 11.6. The smallest absolute Gasteiger partial charge is 0.244 e. The number of nitrogens with one attached hydrogen (secondary N) is 1. The van der Waals surface area contributed by atoms with Gasteiger partial charge in [-0.2, -0.15) is 0 Å². The first-order chi connectivity index (χ1) is 9.65. The van der Waals surface area contributed by atoms with Crippen LogP contribution in [0.4, 0.5) is 4.39 Å². The van der Waals surface area contributed by atoms with E-state index in [4.69, 9.17) is 0 Å². The largest absolute Gasteiger partial charge is 0.348 e. The van der Waals surface area contributed by atoms with Crippen molar-refractivity contribution in [1.29, 1.82) is 0 Å². The number of carbonyl (C=O) groups excluding carboxylic acids is 1. The summed E-state index contributed by atoms with van der Waals surface area (Å²) in [6, 6.07) is 14.0. The Morgan fingerprint density at radius 2 is 1.85 bits per heavy atom. The minimum atomic E-state index is -0.315. The third-order valence-corrected chi connectivity index (χ3v) is 3.24. The molecule has 0 bridgehead atoms. The van der Waals surface area contributed by atoms with E-state index in [1.807, 2.05) is 24.3 Å². The molecule has 0 saturated carbocycles. The lowest BCUT2D eigenvalue weighted by molar-refractivity contribution is -0.116. The third-order valence-electron chi connectivity index (χ3n) is 2.71. The van der Waals surface area contributed by atoms with Gasteiger partial charge in [0.25, 0.3) is 0 Å². The molecule has 1 amide bonds. The zero-order valence-electron chi connectivity index (χ0n) is 10.6. The highest BCUT2D eigenvalue weighted by molar-refractivity contribution is 9.10. The Balaban J connectivity index is 1.90. The molecule has 4 heteroatoms. The topological polar surface area (TPSA) is 29.1 Å². The second-order valence-corrected chi connectivity index (χ2v) is 5.11. The molecule has 2 nitrogen and oxygen atoms in total. The zero-order valence-corrected chi connectivity index (χ0v) is 12.2. The maximum Gasteiger partial charge on any atom is 0.244 e. The molecule has 0 aliphatic rings. The summed E-state index contributed by atoms with van der Waals surface area (Å²) in [7, 11) is 0. The van der Waals surface area contributed by atoms with Crippen LogP contribution in [0.2, 0.25) is 0 Å². The Kier molecular flexibility index (Phi) is 5.07. The Morgan fingerprint density at radius 3 is 2.55 bits per heavy atom. The van der Waals surface area contributed by atoms with E-state index in [1.165, 1.54) is 12.1 Å². The van der Waals surface area contributed by atoms with Gasteiger partial charge in [0, 0.05) is 22.7 Å². The average Bonchev–Trinajstić information content (AvgIpc) is 2.46. The van der Waals surface area contributed by atoms with Crippen LogP contribution in [0.25, 0.3) is 6.08 Å². The fourth-order valence-corrected chi connectivity index (χ4v) is 1.89. The predicted octanol–water partition coefficient (Wildman–Crippen LogP) is 3.92. The van der Waals surface area contributed by atoms with Crippen molar-refractivity contribution in [3.63, 3.8) is 0 Å². The molecule has 0 aliphatic carbocycles. The summed E-state index contributed by atoms with van der Waals surface area (Å²) in [5, 5.41) is 2.65. The molecule has 2 aromatic rings. The monoisotopic (exact) mass is 333 g/mol. The summed E-state index contributed by atoms with van der Waals surface area (Å²) < 4.78 is 14.3. The van der Waals surface area contributed by atoms with Crippen molar-refractivity contribution >= 4 is 27.9 Å². The Bertz CT molecular complexity index is 623. The number of hydrogen-bond acceptors (Lipinski definition) is 1. The SMILES string of the molecule is O=C(/C=C/c1ccc(Br)cc1)NCc1ccccc1F. The van der Waals surface area contributed by atoms with Gasteiger partial charge in [0.2, 0.25) is 5.91 Å². The van der Waals surface area contributed by atoms with Crippen molar-refractivity contribution in [1.82, 2.24) is 5.32 Å². The van der Waals surface area contributed by atoms with Gasteiger partial charge in [-0.05, 0) is 29.8 Å². The molecule has 20 heavy (non-hydrogen) atoms. The number of rotatable bonds is 4. The van der Waals surface area contributed by atoms with Crippen LogP contribution in [0.3, 0.4) is 0 Å². The van der Waals surface area contributed by atoms with Gasteiger partial charge in [-0.1, -0.05) is 46.3 Å². The van der Waals surface area contributed by atoms with Crippen molar-refractivity contribution < 1.29 is 9.18 Å². The van der Waals surface area contributed by atoms with Crippen molar-refractivity contribution in [2.45, 2.75) is 6.54 Å². The number of halogens is 2. The van der Waals surface area contributed by atoms with Gasteiger partial charge in [0.1, 0.15) is 5.82 Å². The highest BCUT2D eigenvalue weighted by Crippen LogP contribution is 2.11. The molecule has 0 atom stereocenters. The lowest BCUT2D eigenvalue weighted by atomic mass is 10.2. The molecular formula is C16H13BrFNO. The highest BCUT2D eigenvalue weighted by atomic mass is 79.9. The van der Waals surface area contributed by atoms with E-state index in [0.29, 0.717) is 5.56 Å². The quantitative estimate of drug-likeness (QED) is 0.844. The van der Waals surface area contributed by atoms with Gasteiger partial charge < -0.3 is 5.32 Å². The summed E-state index contributed by atoms with van der Waals surface area (Å²) in [5.74, 6) is -0.569. The van der Waals surface area contributed by atoms with E-state index in [0.717, 1.165) is 10.0 Å². The molecule has 2 aromatic carbocycles. The van der Waals surface area contributed by atoms with E-state index < -0.39 is 0 Å². The average molecular weight is 334 g/mol. The fourth-order valence-electron chi connectivity index (χ4n) is 1.63. The molecule has 0 radical (unpaired) electrons. The Morgan fingerprint density at radius 1 is 1.15 bits per heavy atom. The van der Waals surface area contributed by atoms with E-state index in [-0.39, 0.29) is 18.3 Å². The van der Waals surface area contributed by atoms with E-state index in [1.54, 1.807) is 24.3 Å². The molecule has 0 unspecified atom stereocenters. The van der Waals surface area contributed by atoms with Crippen molar-refractivity contribution in [2.75, 3.05) is 0 Å². The molecule has 0 heterocycles. The highest BCUT2D eigenvalue weighted by Gasteiger charge is 2.01. The van der Waals surface area contributed by atoms with Gasteiger partial charge >= 0.3 is 0 Å². The van der Waals surface area contributed by atoms with Gasteiger partial charge in [-0.15, -0.1) is 0 Å². The van der Waals surface area contributed by atoms with Crippen LogP contribution >= 0.6 is 15.9 Å². The molecular weight excluding hydrogens is 321 g/mol. The minimum absolute atomic E-state index is 0.177. The normalized spacial score (nSPS) is 10.7. The Labute approximate surface area is 125 Å². The number of benzene rings is 2. The van der Waals surface area contributed by atoms with E-state index >= 15 is 0 Å². The number of hydrogen-bond donors (Lipinski definition) is 1. The Hall–Kier alpha value is -1.94. The molecule has 0 aromatic heterocycles. The summed E-state index contributed by atoms with van der Waals surface area (Å²) >= 11 is 3.34. The first-order valence-corrected chi connectivity index (χ1v) is 6.89. The number of carbonyl (C=O) groups is 1. The minimum Gasteiger partial charge on any atom is -0.348 e. The van der Waals surface area contributed by atoms with Crippen molar-refractivity contribution in [2.24, 2.45) is 0 Å². The van der Waals surface area contributed by atoms with Gasteiger partial charge in [-0.25, -0.2) is 4.39 Å². The predicted molar refractivity (Wildman–Crippen MR) is 81.4 cm³/mol. The lowest BCUT2D eigenvalue weighted by Gasteiger charge is -2.03. The van der Waals surface area contributed by atoms with Crippen LogP contribution in [0, 0.1) is 5.82 Å². The van der Waals surface area contributed by atoms with Crippen LogP contribution in [0.5, 0.6) is 0 Å². The first kappa shape index (κ1) is 14.5. The van der Waals surface area contributed by atoms with E-state index in [2.05, 4.69) is 21.2 Å². The van der Waals surface area contributed by atoms with Crippen LogP contribution in [-0.2, 0) is 11.3 Å². The van der Waals surface area contributed by atoms with Crippen LogP contribution in [-0.4, -0.2) is 5.91 Å². The third kappa shape index (κ3) is 4.31. The first-order valence-electron chi connectivity index (χ1n) is 6.10. The van der Waals surface area contributed by atoms with Gasteiger partial charge in [0.15, 0.2) is 0 Å². The molecule has 0 saturated heterocycles. The summed E-state index contributed by atoms with van der Waals surface area (Å²) in [5.41, 5.74) is 1.40. The van der Waals surface area contributed by atoms with Gasteiger partial charge in [-0.3, -0.25) is 4.79 Å².